The number of likely N-dealkylation sites (tertiary alicyclic amines) is 1. The molecule has 0 aromatic carbocycles. The molecule has 5 heteroatoms. The number of aliphatic imine (C=N–C) groups is 1. The van der Waals surface area contributed by atoms with Gasteiger partial charge >= 0.3 is 0 Å². The molecule has 0 atom stereocenters. The van der Waals surface area contributed by atoms with Gasteiger partial charge in [0.1, 0.15) is 5.15 Å². The summed E-state index contributed by atoms with van der Waals surface area (Å²) in [5.41, 5.74) is 0. The van der Waals surface area contributed by atoms with E-state index in [1.54, 1.807) is 6.20 Å². The predicted octanol–water partition coefficient (Wildman–Crippen LogP) is 4.78. The van der Waals surface area contributed by atoms with Crippen LogP contribution < -0.4 is 0 Å². The molecule has 0 amide bonds. The Hall–Kier alpha value is -1.78. The number of nitrogens with zero attached hydrogens (tertiary/aromatic N) is 4. The van der Waals surface area contributed by atoms with Gasteiger partial charge in [0.2, 0.25) is 0 Å². The second-order valence-electron chi connectivity index (χ2n) is 6.11. The number of hydrogen-bond donors (Lipinski definition) is 0. The van der Waals surface area contributed by atoms with E-state index < -0.39 is 0 Å². The van der Waals surface area contributed by atoms with E-state index in [4.69, 9.17) is 11.6 Å². The van der Waals surface area contributed by atoms with Gasteiger partial charge < -0.3 is 14.0 Å². The van der Waals surface area contributed by atoms with Crippen molar-refractivity contribution >= 4 is 17.8 Å². The van der Waals surface area contributed by atoms with Gasteiger partial charge in [-0.05, 0) is 57.2 Å². The monoisotopic (exact) mass is 362 g/mol. The molecule has 0 saturated carbocycles. The number of piperidine rings is 1. The molecule has 2 aromatic heterocycles. The Morgan fingerprint density at radius 2 is 1.60 bits per heavy atom. The molecule has 0 bridgehead atoms. The molecule has 1 fully saturated rings. The van der Waals surface area contributed by atoms with E-state index in [0.29, 0.717) is 0 Å². The molecule has 2 aliphatic rings. The van der Waals surface area contributed by atoms with Crippen molar-refractivity contribution in [2.75, 3.05) is 20.1 Å². The van der Waals surface area contributed by atoms with Crippen LogP contribution in [0.5, 0.6) is 0 Å². The van der Waals surface area contributed by atoms with Crippen molar-refractivity contribution in [2.24, 2.45) is 19.1 Å². The molecule has 25 heavy (non-hydrogen) atoms. The zero-order valence-corrected chi connectivity index (χ0v) is 16.4. The minimum Gasteiger partial charge on any atom is -0.357 e. The smallest absolute Gasteiger partial charge is 0.108 e. The average Bonchev–Trinajstić information content (AvgIpc) is 3.37. The lowest BCUT2D eigenvalue weighted by Crippen LogP contribution is -2.24. The summed E-state index contributed by atoms with van der Waals surface area (Å²) in [5.74, 6) is 0. The minimum absolute atomic E-state index is 0.778. The van der Waals surface area contributed by atoms with E-state index >= 15 is 0 Å². The molecule has 0 unspecified atom stereocenters. The van der Waals surface area contributed by atoms with Crippen LogP contribution in [0.2, 0.25) is 5.15 Å². The second-order valence-corrected chi connectivity index (χ2v) is 6.49. The van der Waals surface area contributed by atoms with Crippen molar-refractivity contribution in [1.82, 2.24) is 14.0 Å². The van der Waals surface area contributed by atoms with Crippen molar-refractivity contribution in [1.29, 1.82) is 0 Å². The first kappa shape index (κ1) is 21.3. The Kier molecular flexibility index (Phi) is 11.5. The third-order valence-corrected chi connectivity index (χ3v) is 4.14. The lowest BCUT2D eigenvalue weighted by molar-refractivity contribution is 0.277. The van der Waals surface area contributed by atoms with E-state index in [1.165, 1.54) is 32.4 Å². The van der Waals surface area contributed by atoms with Gasteiger partial charge in [-0.1, -0.05) is 24.1 Å². The summed E-state index contributed by atoms with van der Waals surface area (Å²) in [7, 11) is 6.10. The number of allylic oxidation sites excluding steroid dienone is 1. The quantitative estimate of drug-likeness (QED) is 0.662. The molecule has 138 valence electrons. The molecule has 2 aliphatic heterocycles. The molecule has 4 nitrogen and oxygen atoms in total. The third kappa shape index (κ3) is 11.4. The van der Waals surface area contributed by atoms with Crippen LogP contribution in [0.4, 0.5) is 0 Å². The summed E-state index contributed by atoms with van der Waals surface area (Å²) >= 11 is 5.59. The van der Waals surface area contributed by atoms with Crippen molar-refractivity contribution in [3.8, 4) is 0 Å². The van der Waals surface area contributed by atoms with Gasteiger partial charge in [-0.25, -0.2) is 0 Å². The van der Waals surface area contributed by atoms with Crippen LogP contribution in [0, 0.1) is 0 Å². The summed E-state index contributed by atoms with van der Waals surface area (Å²) in [4.78, 5) is 6.17. The molecular weight excluding hydrogens is 332 g/mol. The number of rotatable bonds is 0. The highest BCUT2D eigenvalue weighted by atomic mass is 35.5. The maximum Gasteiger partial charge on any atom is 0.108 e. The highest BCUT2D eigenvalue weighted by molar-refractivity contribution is 6.29. The first-order valence-electron chi connectivity index (χ1n) is 8.78. The average molecular weight is 363 g/mol. The van der Waals surface area contributed by atoms with E-state index in [9.17, 15) is 0 Å². The molecule has 1 saturated heterocycles. The summed E-state index contributed by atoms with van der Waals surface area (Å²) in [6, 6.07) is 7.75. The van der Waals surface area contributed by atoms with Crippen molar-refractivity contribution in [3.05, 3.63) is 60.3 Å². The highest BCUT2D eigenvalue weighted by Gasteiger charge is 2.02. The number of aromatic nitrogens is 2. The van der Waals surface area contributed by atoms with Crippen LogP contribution in [0.3, 0.4) is 0 Å². The summed E-state index contributed by atoms with van der Waals surface area (Å²) in [6.07, 6.45) is 16.9. The van der Waals surface area contributed by atoms with Crippen LogP contribution in [0.1, 0.15) is 25.7 Å². The fourth-order valence-corrected chi connectivity index (χ4v) is 2.35. The Morgan fingerprint density at radius 3 is 1.80 bits per heavy atom. The molecule has 4 heterocycles. The molecular formula is C20H31ClN4. The fourth-order valence-electron chi connectivity index (χ4n) is 2.22. The Morgan fingerprint density at radius 1 is 0.920 bits per heavy atom. The van der Waals surface area contributed by atoms with E-state index in [1.807, 2.05) is 78.4 Å². The SMILES string of the molecule is C1=CN=CC1.CN1CCCCC1.Cn1cccc1.Cn1cccc1Cl. The summed E-state index contributed by atoms with van der Waals surface area (Å²) in [6.45, 7) is 2.64. The van der Waals surface area contributed by atoms with Gasteiger partial charge in [0, 0.05) is 51.5 Å². The van der Waals surface area contributed by atoms with Gasteiger partial charge in [-0.3, -0.25) is 4.99 Å². The second kappa shape index (κ2) is 13.5. The first-order chi connectivity index (χ1) is 12.1. The zero-order valence-electron chi connectivity index (χ0n) is 15.7. The predicted molar refractivity (Wildman–Crippen MR) is 109 cm³/mol. The highest BCUT2D eigenvalue weighted by Crippen LogP contribution is 2.05. The standard InChI is InChI=1S/C6H13N.C5H6ClN.C5H7N.C4H5N/c1-7-5-3-2-4-6-7;1-7-4-2-3-5(7)6;1-6-4-2-3-5-6;1-2-4-5-3-1/h2-6H2,1H3;2-4H,1H3;2-5H,1H3;1,3-4H,2H2. The molecule has 0 aliphatic carbocycles. The van der Waals surface area contributed by atoms with Crippen LogP contribution in [0.15, 0.2) is 60.1 Å². The Bertz CT molecular complexity index is 567. The van der Waals surface area contributed by atoms with Gasteiger partial charge in [-0.2, -0.15) is 0 Å². The zero-order chi connectivity index (χ0) is 18.3. The van der Waals surface area contributed by atoms with Crippen LogP contribution in [-0.2, 0) is 14.1 Å². The van der Waals surface area contributed by atoms with Crippen molar-refractivity contribution < 1.29 is 0 Å². The molecule has 0 N–H and O–H groups in total. The van der Waals surface area contributed by atoms with Crippen LogP contribution in [-0.4, -0.2) is 40.4 Å². The van der Waals surface area contributed by atoms with Crippen molar-refractivity contribution in [2.45, 2.75) is 25.7 Å². The van der Waals surface area contributed by atoms with Crippen LogP contribution in [0.25, 0.3) is 0 Å². The number of hydrogen-bond acceptors (Lipinski definition) is 2. The van der Waals surface area contributed by atoms with Gasteiger partial charge in [0.05, 0.1) is 0 Å². The van der Waals surface area contributed by atoms with Gasteiger partial charge in [0.25, 0.3) is 0 Å². The molecule has 4 rings (SSSR count). The first-order valence-corrected chi connectivity index (χ1v) is 9.16. The lowest BCUT2D eigenvalue weighted by Gasteiger charge is -2.20. The Balaban J connectivity index is 0.000000168. The lowest BCUT2D eigenvalue weighted by atomic mass is 10.1. The molecule has 0 radical (unpaired) electrons. The third-order valence-electron chi connectivity index (χ3n) is 3.75. The van der Waals surface area contributed by atoms with E-state index in [2.05, 4.69) is 16.9 Å². The van der Waals surface area contributed by atoms with Gasteiger partial charge in [-0.15, -0.1) is 0 Å². The molecule has 0 spiro atoms. The normalized spacial score (nSPS) is 15.4. The van der Waals surface area contributed by atoms with Crippen LogP contribution >= 0.6 is 11.6 Å². The number of aryl methyl sites for hydroxylation is 2. The summed E-state index contributed by atoms with van der Waals surface area (Å²) in [5, 5.41) is 0.778. The molecule has 2 aromatic rings. The van der Waals surface area contributed by atoms with E-state index in [-0.39, 0.29) is 0 Å². The largest absolute Gasteiger partial charge is 0.357 e. The van der Waals surface area contributed by atoms with Gasteiger partial charge in [0.15, 0.2) is 0 Å². The minimum atomic E-state index is 0.778. The Labute approximate surface area is 157 Å². The maximum atomic E-state index is 5.59. The fraction of sp³-hybridized carbons (Fsp3) is 0.450. The maximum absolute atomic E-state index is 5.59. The van der Waals surface area contributed by atoms with E-state index in [0.717, 1.165) is 11.6 Å². The van der Waals surface area contributed by atoms with Crippen molar-refractivity contribution in [3.63, 3.8) is 0 Å². The topological polar surface area (TPSA) is 25.5 Å². The summed E-state index contributed by atoms with van der Waals surface area (Å²) < 4.78 is 3.85. The number of halogens is 1.